The highest BCUT2D eigenvalue weighted by molar-refractivity contribution is 6.06. The summed E-state index contributed by atoms with van der Waals surface area (Å²) in [6.45, 7) is 1.78. The third-order valence-electron chi connectivity index (χ3n) is 3.61. The molecular weight excluding hydrogens is 302 g/mol. The minimum absolute atomic E-state index is 0.141. The van der Waals surface area contributed by atoms with E-state index in [0.29, 0.717) is 18.4 Å². The molecule has 0 unspecified atom stereocenters. The summed E-state index contributed by atoms with van der Waals surface area (Å²) in [5.41, 5.74) is 3.40. The van der Waals surface area contributed by atoms with Crippen molar-refractivity contribution in [2.75, 3.05) is 5.32 Å². The van der Waals surface area contributed by atoms with Crippen LogP contribution in [-0.2, 0) is 16.0 Å². The number of aryl methyl sites for hydroxylation is 1. The van der Waals surface area contributed by atoms with Gasteiger partial charge in [0.15, 0.2) is 0 Å². The van der Waals surface area contributed by atoms with Crippen LogP contribution in [0.25, 0.3) is 6.08 Å². The Morgan fingerprint density at radius 1 is 1.04 bits per heavy atom. The Kier molecular flexibility index (Phi) is 6.32. The van der Waals surface area contributed by atoms with E-state index in [2.05, 4.69) is 5.32 Å². The molecule has 0 spiro atoms. The number of carboxylic acids is 1. The van der Waals surface area contributed by atoms with Gasteiger partial charge in [-0.2, -0.15) is 0 Å². The highest BCUT2D eigenvalue weighted by Gasteiger charge is 2.05. The molecular formula is C20H21NO3. The van der Waals surface area contributed by atoms with E-state index in [1.54, 1.807) is 6.92 Å². The van der Waals surface area contributed by atoms with E-state index in [9.17, 15) is 9.59 Å². The fraction of sp³-hybridized carbons (Fsp3) is 0.200. The number of carboxylic acid groups (broad SMARTS) is 1. The van der Waals surface area contributed by atoms with E-state index in [-0.39, 0.29) is 12.3 Å². The van der Waals surface area contributed by atoms with Crippen molar-refractivity contribution in [2.45, 2.75) is 26.2 Å². The fourth-order valence-electron chi connectivity index (χ4n) is 2.29. The van der Waals surface area contributed by atoms with Gasteiger partial charge in [0.05, 0.1) is 0 Å². The molecule has 0 fully saturated rings. The molecule has 0 bridgehead atoms. The third-order valence-corrected chi connectivity index (χ3v) is 3.61. The van der Waals surface area contributed by atoms with Crippen LogP contribution in [0.1, 0.15) is 30.9 Å². The van der Waals surface area contributed by atoms with Crippen molar-refractivity contribution in [1.29, 1.82) is 0 Å². The van der Waals surface area contributed by atoms with Crippen LogP contribution in [0.5, 0.6) is 0 Å². The normalized spacial score (nSPS) is 11.1. The molecule has 2 aromatic rings. The van der Waals surface area contributed by atoms with Crippen LogP contribution in [0.2, 0.25) is 0 Å². The molecule has 4 heteroatoms. The average molecular weight is 323 g/mol. The Morgan fingerprint density at radius 3 is 2.33 bits per heavy atom. The Balaban J connectivity index is 1.92. The van der Waals surface area contributed by atoms with Crippen LogP contribution in [-0.4, -0.2) is 17.0 Å². The van der Waals surface area contributed by atoms with E-state index in [0.717, 1.165) is 16.8 Å². The first-order valence-electron chi connectivity index (χ1n) is 7.90. The number of aliphatic carboxylic acids is 1. The molecule has 2 rings (SSSR count). The lowest BCUT2D eigenvalue weighted by molar-refractivity contribution is -0.137. The number of rotatable bonds is 7. The predicted molar refractivity (Wildman–Crippen MR) is 95.7 cm³/mol. The second-order valence-electron chi connectivity index (χ2n) is 5.64. The SMILES string of the molecule is C/C(=C\c1ccccc1)C(=O)Nc1ccc(CCCC(=O)O)cc1. The molecule has 0 aromatic heterocycles. The maximum atomic E-state index is 12.2. The summed E-state index contributed by atoms with van der Waals surface area (Å²) in [7, 11) is 0. The zero-order chi connectivity index (χ0) is 17.4. The first-order valence-corrected chi connectivity index (χ1v) is 7.90. The monoisotopic (exact) mass is 323 g/mol. The highest BCUT2D eigenvalue weighted by atomic mass is 16.4. The van der Waals surface area contributed by atoms with Crippen molar-refractivity contribution in [2.24, 2.45) is 0 Å². The van der Waals surface area contributed by atoms with Crippen LogP contribution in [0, 0.1) is 0 Å². The molecule has 0 saturated carbocycles. The first kappa shape index (κ1) is 17.5. The molecule has 0 heterocycles. The summed E-state index contributed by atoms with van der Waals surface area (Å²) >= 11 is 0. The standard InChI is InChI=1S/C20H21NO3/c1-15(14-17-6-3-2-4-7-17)20(24)21-18-12-10-16(11-13-18)8-5-9-19(22)23/h2-4,6-7,10-14H,5,8-9H2,1H3,(H,21,24)(H,22,23)/b15-14+. The van der Waals surface area contributed by atoms with Crippen molar-refractivity contribution in [3.63, 3.8) is 0 Å². The molecule has 124 valence electrons. The van der Waals surface area contributed by atoms with Crippen molar-refractivity contribution < 1.29 is 14.7 Å². The Bertz CT molecular complexity index is 718. The highest BCUT2D eigenvalue weighted by Crippen LogP contribution is 2.14. The number of nitrogens with one attached hydrogen (secondary N) is 1. The van der Waals surface area contributed by atoms with Crippen molar-refractivity contribution in [3.05, 3.63) is 71.3 Å². The number of carbonyl (C=O) groups is 2. The van der Waals surface area contributed by atoms with Crippen molar-refractivity contribution in [1.82, 2.24) is 0 Å². The maximum Gasteiger partial charge on any atom is 0.303 e. The van der Waals surface area contributed by atoms with Gasteiger partial charge in [-0.25, -0.2) is 0 Å². The largest absolute Gasteiger partial charge is 0.481 e. The fourth-order valence-corrected chi connectivity index (χ4v) is 2.29. The summed E-state index contributed by atoms with van der Waals surface area (Å²) in [5, 5.41) is 11.5. The molecule has 2 N–H and O–H groups in total. The summed E-state index contributed by atoms with van der Waals surface area (Å²) in [4.78, 5) is 22.7. The van der Waals surface area contributed by atoms with E-state index >= 15 is 0 Å². The van der Waals surface area contributed by atoms with Crippen LogP contribution >= 0.6 is 0 Å². The van der Waals surface area contributed by atoms with Gasteiger partial charge in [-0.15, -0.1) is 0 Å². The van der Waals surface area contributed by atoms with E-state index < -0.39 is 5.97 Å². The number of anilines is 1. The van der Waals surface area contributed by atoms with Crippen LogP contribution in [0.3, 0.4) is 0 Å². The zero-order valence-corrected chi connectivity index (χ0v) is 13.7. The van der Waals surface area contributed by atoms with E-state index in [4.69, 9.17) is 5.11 Å². The molecule has 0 aliphatic rings. The molecule has 4 nitrogen and oxygen atoms in total. The lowest BCUT2D eigenvalue weighted by atomic mass is 10.1. The van der Waals surface area contributed by atoms with Gasteiger partial charge in [0.2, 0.25) is 0 Å². The van der Waals surface area contributed by atoms with Crippen molar-refractivity contribution >= 4 is 23.6 Å². The maximum absolute atomic E-state index is 12.2. The third kappa shape index (κ3) is 5.72. The number of hydrogen-bond donors (Lipinski definition) is 2. The van der Waals surface area contributed by atoms with Gasteiger partial charge in [-0.3, -0.25) is 9.59 Å². The number of carbonyl (C=O) groups excluding carboxylic acids is 1. The van der Waals surface area contributed by atoms with Gasteiger partial charge in [-0.05, 0) is 49.1 Å². The van der Waals surface area contributed by atoms with Gasteiger partial charge in [0.25, 0.3) is 5.91 Å². The second kappa shape index (κ2) is 8.67. The number of hydrogen-bond acceptors (Lipinski definition) is 2. The lowest BCUT2D eigenvalue weighted by Gasteiger charge is -2.07. The zero-order valence-electron chi connectivity index (χ0n) is 13.7. The Labute approximate surface area is 141 Å². The Morgan fingerprint density at radius 2 is 1.71 bits per heavy atom. The van der Waals surface area contributed by atoms with Gasteiger partial charge in [0, 0.05) is 17.7 Å². The molecule has 0 atom stereocenters. The lowest BCUT2D eigenvalue weighted by Crippen LogP contribution is -2.12. The van der Waals surface area contributed by atoms with Gasteiger partial charge >= 0.3 is 5.97 Å². The topological polar surface area (TPSA) is 66.4 Å². The molecule has 24 heavy (non-hydrogen) atoms. The Hall–Kier alpha value is -2.88. The molecule has 0 saturated heterocycles. The van der Waals surface area contributed by atoms with Gasteiger partial charge < -0.3 is 10.4 Å². The molecule has 2 aromatic carbocycles. The van der Waals surface area contributed by atoms with Crippen molar-refractivity contribution in [3.8, 4) is 0 Å². The molecule has 0 aliphatic heterocycles. The summed E-state index contributed by atoms with van der Waals surface area (Å²) in [5.74, 6) is -0.919. The van der Waals surface area contributed by atoms with Crippen LogP contribution in [0.15, 0.2) is 60.2 Å². The number of benzene rings is 2. The predicted octanol–water partition coefficient (Wildman–Crippen LogP) is 4.14. The summed E-state index contributed by atoms with van der Waals surface area (Å²) in [6, 6.07) is 17.2. The smallest absolute Gasteiger partial charge is 0.303 e. The molecule has 0 aliphatic carbocycles. The quantitative estimate of drug-likeness (QED) is 0.753. The minimum atomic E-state index is -0.778. The summed E-state index contributed by atoms with van der Waals surface area (Å²) in [6.07, 6.45) is 3.34. The van der Waals surface area contributed by atoms with E-state index in [1.807, 2.05) is 60.7 Å². The van der Waals surface area contributed by atoms with E-state index in [1.165, 1.54) is 0 Å². The first-order chi connectivity index (χ1) is 11.5. The van der Waals surface area contributed by atoms with Gasteiger partial charge in [-0.1, -0.05) is 42.5 Å². The van der Waals surface area contributed by atoms with Gasteiger partial charge in [0.1, 0.15) is 0 Å². The molecule has 0 radical (unpaired) electrons. The second-order valence-corrected chi connectivity index (χ2v) is 5.64. The van der Waals surface area contributed by atoms with Crippen LogP contribution < -0.4 is 5.32 Å². The van der Waals surface area contributed by atoms with Crippen LogP contribution in [0.4, 0.5) is 5.69 Å². The average Bonchev–Trinajstić information content (AvgIpc) is 2.57. The minimum Gasteiger partial charge on any atom is -0.481 e. The molecule has 1 amide bonds. The number of amides is 1. The summed E-state index contributed by atoms with van der Waals surface area (Å²) < 4.78 is 0.